The molecule has 0 radical (unpaired) electrons. The summed E-state index contributed by atoms with van der Waals surface area (Å²) < 4.78 is 4.78. The van der Waals surface area contributed by atoms with E-state index in [1.807, 2.05) is 50.2 Å². The molecule has 1 atom stereocenters. The van der Waals surface area contributed by atoms with Gasteiger partial charge >= 0.3 is 5.97 Å². The number of aryl methyl sites for hydroxylation is 2. The summed E-state index contributed by atoms with van der Waals surface area (Å²) in [6.07, 6.45) is 0.467. The number of methoxy groups -OCH3 is 1. The Bertz CT molecular complexity index is 926. The zero-order chi connectivity index (χ0) is 19.1. The van der Waals surface area contributed by atoms with Gasteiger partial charge in [-0.1, -0.05) is 36.4 Å². The fraction of sp³-hybridized carbons (Fsp3) is 0.318. The van der Waals surface area contributed by atoms with Crippen LogP contribution in [0.1, 0.15) is 42.0 Å². The van der Waals surface area contributed by atoms with Crippen molar-refractivity contribution >= 4 is 17.5 Å². The maximum Gasteiger partial charge on any atom is 0.375 e. The van der Waals surface area contributed by atoms with Crippen LogP contribution in [0.2, 0.25) is 0 Å². The standard InChI is InChI=1S/C22H22O4/c1-13-9-10-14(2)19-18(13)16-7-5-6-8-17(16)22(19,12-11-15(3)23)20(24)21(25)26-4/h5-10H,11-12H2,1-4H3/t22-/m0/s1. The van der Waals surface area contributed by atoms with Gasteiger partial charge in [0.05, 0.1) is 12.5 Å². The number of hydrogen-bond donors (Lipinski definition) is 0. The molecule has 1 aliphatic rings. The van der Waals surface area contributed by atoms with Crippen LogP contribution in [-0.4, -0.2) is 24.6 Å². The van der Waals surface area contributed by atoms with Crippen LogP contribution in [-0.2, 0) is 24.5 Å². The number of esters is 1. The first-order valence-electron chi connectivity index (χ1n) is 8.67. The van der Waals surface area contributed by atoms with Gasteiger partial charge in [-0.25, -0.2) is 4.79 Å². The van der Waals surface area contributed by atoms with Crippen molar-refractivity contribution in [1.29, 1.82) is 0 Å². The third-order valence-corrected chi connectivity index (χ3v) is 5.32. The van der Waals surface area contributed by atoms with Crippen molar-refractivity contribution in [2.75, 3.05) is 7.11 Å². The predicted octanol–water partition coefficient (Wildman–Crippen LogP) is 3.68. The second-order valence-electron chi connectivity index (χ2n) is 6.92. The van der Waals surface area contributed by atoms with Gasteiger partial charge in [0.2, 0.25) is 0 Å². The summed E-state index contributed by atoms with van der Waals surface area (Å²) >= 11 is 0. The van der Waals surface area contributed by atoms with Crippen molar-refractivity contribution in [2.45, 2.75) is 39.0 Å². The number of carbonyl (C=O) groups excluding carboxylic acids is 3. The Kier molecular flexibility index (Phi) is 4.53. The Balaban J connectivity index is 2.40. The van der Waals surface area contributed by atoms with E-state index in [0.717, 1.165) is 33.4 Å². The molecular weight excluding hydrogens is 328 g/mol. The van der Waals surface area contributed by atoms with E-state index in [0.29, 0.717) is 0 Å². The second-order valence-corrected chi connectivity index (χ2v) is 6.92. The Morgan fingerprint density at radius 2 is 1.65 bits per heavy atom. The van der Waals surface area contributed by atoms with Crippen LogP contribution in [0.3, 0.4) is 0 Å². The molecule has 0 saturated carbocycles. The van der Waals surface area contributed by atoms with Crippen LogP contribution in [0.4, 0.5) is 0 Å². The lowest BCUT2D eigenvalue weighted by Crippen LogP contribution is -2.41. The fourth-order valence-corrected chi connectivity index (χ4v) is 4.16. The zero-order valence-corrected chi connectivity index (χ0v) is 15.5. The molecule has 4 nitrogen and oxygen atoms in total. The summed E-state index contributed by atoms with van der Waals surface area (Å²) in [5.74, 6) is -1.50. The molecule has 1 aliphatic carbocycles. The largest absolute Gasteiger partial charge is 0.463 e. The number of ketones is 2. The highest BCUT2D eigenvalue weighted by Gasteiger charge is 2.52. The van der Waals surface area contributed by atoms with E-state index in [2.05, 4.69) is 0 Å². The van der Waals surface area contributed by atoms with Crippen LogP contribution in [0.25, 0.3) is 11.1 Å². The van der Waals surface area contributed by atoms with E-state index in [4.69, 9.17) is 4.74 Å². The minimum absolute atomic E-state index is 0.0155. The molecule has 26 heavy (non-hydrogen) atoms. The van der Waals surface area contributed by atoms with Gasteiger partial charge < -0.3 is 9.53 Å². The van der Waals surface area contributed by atoms with E-state index in [1.165, 1.54) is 14.0 Å². The van der Waals surface area contributed by atoms with E-state index >= 15 is 0 Å². The molecule has 3 rings (SSSR count). The van der Waals surface area contributed by atoms with Gasteiger partial charge in [0, 0.05) is 6.42 Å². The van der Waals surface area contributed by atoms with Crippen molar-refractivity contribution in [2.24, 2.45) is 0 Å². The van der Waals surface area contributed by atoms with Gasteiger partial charge in [0.1, 0.15) is 5.78 Å². The molecule has 2 aromatic carbocycles. The maximum atomic E-state index is 13.3. The minimum atomic E-state index is -1.18. The molecule has 0 fully saturated rings. The first kappa shape index (κ1) is 18.1. The number of benzene rings is 2. The Hall–Kier alpha value is -2.75. The fourth-order valence-electron chi connectivity index (χ4n) is 4.16. The first-order chi connectivity index (χ1) is 12.3. The van der Waals surface area contributed by atoms with Crippen molar-refractivity contribution in [3.05, 3.63) is 58.7 Å². The molecule has 0 amide bonds. The molecule has 134 valence electrons. The summed E-state index contributed by atoms with van der Waals surface area (Å²) in [6, 6.07) is 11.6. The quantitative estimate of drug-likeness (QED) is 0.610. The van der Waals surface area contributed by atoms with Crippen molar-refractivity contribution in [3.63, 3.8) is 0 Å². The van der Waals surface area contributed by atoms with Gasteiger partial charge in [-0.05, 0) is 60.6 Å². The van der Waals surface area contributed by atoms with Gasteiger partial charge in [-0.2, -0.15) is 0 Å². The highest BCUT2D eigenvalue weighted by atomic mass is 16.5. The van der Waals surface area contributed by atoms with Crippen LogP contribution in [0, 0.1) is 13.8 Å². The first-order valence-corrected chi connectivity index (χ1v) is 8.67. The third-order valence-electron chi connectivity index (χ3n) is 5.32. The average molecular weight is 350 g/mol. The van der Waals surface area contributed by atoms with Crippen LogP contribution in [0.5, 0.6) is 0 Å². The smallest absolute Gasteiger partial charge is 0.375 e. The van der Waals surface area contributed by atoms with Crippen molar-refractivity contribution < 1.29 is 19.1 Å². The Labute approximate surface area is 153 Å². The van der Waals surface area contributed by atoms with Gasteiger partial charge in [-0.15, -0.1) is 0 Å². The van der Waals surface area contributed by atoms with E-state index in [1.54, 1.807) is 0 Å². The highest BCUT2D eigenvalue weighted by Crippen LogP contribution is 2.54. The third kappa shape index (κ3) is 2.48. The summed E-state index contributed by atoms with van der Waals surface area (Å²) in [6.45, 7) is 5.44. The molecule has 2 aromatic rings. The van der Waals surface area contributed by atoms with E-state index in [-0.39, 0.29) is 18.6 Å². The summed E-state index contributed by atoms with van der Waals surface area (Å²) in [7, 11) is 1.21. The zero-order valence-electron chi connectivity index (χ0n) is 15.5. The summed E-state index contributed by atoms with van der Waals surface area (Å²) in [5.41, 5.74) is 4.34. The topological polar surface area (TPSA) is 60.4 Å². The average Bonchev–Trinajstić information content (AvgIpc) is 2.94. The molecule has 0 saturated heterocycles. The monoisotopic (exact) mass is 350 g/mol. The molecule has 0 bridgehead atoms. The Morgan fingerprint density at radius 1 is 1.00 bits per heavy atom. The normalized spacial score (nSPS) is 17.4. The number of carbonyl (C=O) groups is 3. The molecule has 0 aromatic heterocycles. The molecule has 0 unspecified atom stereocenters. The SMILES string of the molecule is COC(=O)C(=O)[C@@]1(CCC(C)=O)c2ccccc2-c2c(C)ccc(C)c21. The minimum Gasteiger partial charge on any atom is -0.463 e. The molecule has 0 heterocycles. The van der Waals surface area contributed by atoms with E-state index in [9.17, 15) is 14.4 Å². The van der Waals surface area contributed by atoms with Gasteiger partial charge in [0.15, 0.2) is 0 Å². The number of rotatable bonds is 5. The van der Waals surface area contributed by atoms with Crippen LogP contribution in [0.15, 0.2) is 36.4 Å². The molecular formula is C22H22O4. The molecule has 4 heteroatoms. The lowest BCUT2D eigenvalue weighted by atomic mass is 9.69. The Morgan fingerprint density at radius 3 is 2.31 bits per heavy atom. The van der Waals surface area contributed by atoms with Crippen LogP contribution >= 0.6 is 0 Å². The predicted molar refractivity (Wildman–Crippen MR) is 99.1 cm³/mol. The lowest BCUT2D eigenvalue weighted by molar-refractivity contribution is -0.153. The van der Waals surface area contributed by atoms with Crippen LogP contribution < -0.4 is 0 Å². The molecule has 0 N–H and O–H groups in total. The lowest BCUT2D eigenvalue weighted by Gasteiger charge is -2.30. The summed E-state index contributed by atoms with van der Waals surface area (Å²) in [5, 5.41) is 0. The number of Topliss-reactive ketones (excluding diaryl/α,β-unsaturated/α-hetero) is 2. The van der Waals surface area contributed by atoms with E-state index < -0.39 is 17.2 Å². The highest BCUT2D eigenvalue weighted by molar-refractivity contribution is 6.39. The second kappa shape index (κ2) is 6.52. The maximum absolute atomic E-state index is 13.3. The molecule has 0 aliphatic heterocycles. The van der Waals surface area contributed by atoms with Crippen molar-refractivity contribution in [3.8, 4) is 11.1 Å². The summed E-state index contributed by atoms with van der Waals surface area (Å²) in [4.78, 5) is 37.4. The number of ether oxygens (including phenoxy) is 1. The molecule has 0 spiro atoms. The number of fused-ring (bicyclic) bond motifs is 3. The number of hydrogen-bond acceptors (Lipinski definition) is 4. The van der Waals surface area contributed by atoms with Gasteiger partial charge in [0.25, 0.3) is 5.78 Å². The van der Waals surface area contributed by atoms with Crippen molar-refractivity contribution in [1.82, 2.24) is 0 Å². The van der Waals surface area contributed by atoms with Gasteiger partial charge in [-0.3, -0.25) is 4.79 Å².